The molecule has 4 nitrogen and oxygen atoms in total. The van der Waals surface area contributed by atoms with Gasteiger partial charge in [-0.05, 0) is 56.8 Å². The molecule has 0 saturated carbocycles. The van der Waals surface area contributed by atoms with Crippen molar-refractivity contribution < 1.29 is 4.39 Å². The van der Waals surface area contributed by atoms with Gasteiger partial charge in [-0.15, -0.1) is 24.0 Å². The Morgan fingerprint density at radius 3 is 2.33 bits per heavy atom. The average molecular weight is 484 g/mol. The summed E-state index contributed by atoms with van der Waals surface area (Å²) >= 11 is 0. The minimum atomic E-state index is -0.167. The molecule has 0 unspecified atom stereocenters. The Morgan fingerprint density at radius 1 is 1.00 bits per heavy atom. The zero-order chi connectivity index (χ0) is 19.1. The van der Waals surface area contributed by atoms with Gasteiger partial charge >= 0.3 is 0 Å². The zero-order valence-electron chi connectivity index (χ0n) is 16.8. The molecule has 0 heterocycles. The van der Waals surface area contributed by atoms with Crippen LogP contribution in [-0.2, 0) is 19.6 Å². The fraction of sp³-hybridized carbons (Fsp3) is 0.381. The van der Waals surface area contributed by atoms with Crippen LogP contribution in [0.25, 0.3) is 0 Å². The molecule has 6 heteroatoms. The van der Waals surface area contributed by atoms with Gasteiger partial charge in [0.15, 0.2) is 5.96 Å². The van der Waals surface area contributed by atoms with Gasteiger partial charge in [-0.2, -0.15) is 0 Å². The molecule has 0 saturated heterocycles. The van der Waals surface area contributed by atoms with Crippen LogP contribution in [-0.4, -0.2) is 32.0 Å². The van der Waals surface area contributed by atoms with Crippen molar-refractivity contribution in [2.45, 2.75) is 33.5 Å². The lowest BCUT2D eigenvalue weighted by Crippen LogP contribution is -2.36. The van der Waals surface area contributed by atoms with Crippen molar-refractivity contribution in [3.8, 4) is 0 Å². The van der Waals surface area contributed by atoms with E-state index in [1.807, 2.05) is 25.1 Å². The van der Waals surface area contributed by atoms with Crippen LogP contribution in [0.4, 0.5) is 4.39 Å². The van der Waals surface area contributed by atoms with Gasteiger partial charge < -0.3 is 15.5 Å². The summed E-state index contributed by atoms with van der Waals surface area (Å²) in [6.45, 7) is 6.09. The topological polar surface area (TPSA) is 39.7 Å². The minimum Gasteiger partial charge on any atom is -0.352 e. The van der Waals surface area contributed by atoms with Gasteiger partial charge in [0.2, 0.25) is 0 Å². The monoisotopic (exact) mass is 484 g/mol. The lowest BCUT2D eigenvalue weighted by molar-refractivity contribution is 0.392. The first-order valence-corrected chi connectivity index (χ1v) is 8.81. The molecule has 0 fully saturated rings. The highest BCUT2D eigenvalue weighted by atomic mass is 127. The van der Waals surface area contributed by atoms with Crippen LogP contribution >= 0.6 is 24.0 Å². The highest BCUT2D eigenvalue weighted by Gasteiger charge is 2.06. The summed E-state index contributed by atoms with van der Waals surface area (Å²) in [7, 11) is 5.62. The van der Waals surface area contributed by atoms with Gasteiger partial charge in [-0.3, -0.25) is 4.99 Å². The van der Waals surface area contributed by atoms with Crippen LogP contribution in [0.5, 0.6) is 0 Å². The summed E-state index contributed by atoms with van der Waals surface area (Å²) in [4.78, 5) is 6.22. The Labute approximate surface area is 179 Å². The van der Waals surface area contributed by atoms with E-state index < -0.39 is 0 Å². The molecule has 0 spiro atoms. The van der Waals surface area contributed by atoms with Crippen molar-refractivity contribution in [3.05, 3.63) is 70.0 Å². The lowest BCUT2D eigenvalue weighted by Gasteiger charge is -2.15. The van der Waals surface area contributed by atoms with E-state index in [2.05, 4.69) is 47.7 Å². The Balaban J connectivity index is 0.00000364. The van der Waals surface area contributed by atoms with Crippen molar-refractivity contribution in [2.75, 3.05) is 21.1 Å². The van der Waals surface area contributed by atoms with Crippen LogP contribution in [0, 0.1) is 19.7 Å². The number of halogens is 2. The number of hydrogen-bond acceptors (Lipinski definition) is 2. The molecule has 2 aromatic rings. The van der Waals surface area contributed by atoms with Gasteiger partial charge in [0, 0.05) is 32.2 Å². The Morgan fingerprint density at radius 2 is 1.70 bits per heavy atom. The number of nitrogens with one attached hydrogen (secondary N) is 2. The molecule has 2 rings (SSSR count). The number of rotatable bonds is 6. The Hall–Kier alpha value is -1.67. The molecule has 0 radical (unpaired) electrons. The zero-order valence-corrected chi connectivity index (χ0v) is 19.1. The molecule has 0 aliphatic heterocycles. The summed E-state index contributed by atoms with van der Waals surface area (Å²) in [5, 5.41) is 6.62. The molecule has 148 valence electrons. The first-order chi connectivity index (χ1) is 12.4. The van der Waals surface area contributed by atoms with E-state index in [1.54, 1.807) is 13.1 Å². The number of nitrogens with zero attached hydrogens (tertiary/aromatic N) is 2. The number of benzene rings is 2. The van der Waals surface area contributed by atoms with E-state index in [1.165, 1.54) is 22.8 Å². The van der Waals surface area contributed by atoms with E-state index in [0.717, 1.165) is 11.5 Å². The van der Waals surface area contributed by atoms with Crippen molar-refractivity contribution in [1.82, 2.24) is 15.5 Å². The number of guanidine groups is 1. The third kappa shape index (κ3) is 7.46. The van der Waals surface area contributed by atoms with Gasteiger partial charge in [0.05, 0.1) is 0 Å². The molecule has 27 heavy (non-hydrogen) atoms. The van der Waals surface area contributed by atoms with E-state index in [4.69, 9.17) is 0 Å². The highest BCUT2D eigenvalue weighted by Crippen LogP contribution is 2.12. The van der Waals surface area contributed by atoms with Crippen molar-refractivity contribution in [3.63, 3.8) is 0 Å². The third-order valence-electron chi connectivity index (χ3n) is 4.22. The van der Waals surface area contributed by atoms with Gasteiger partial charge in [0.25, 0.3) is 0 Å². The van der Waals surface area contributed by atoms with Gasteiger partial charge in [0.1, 0.15) is 5.82 Å². The smallest absolute Gasteiger partial charge is 0.191 e. The number of aryl methyl sites for hydroxylation is 2. The van der Waals surface area contributed by atoms with Crippen LogP contribution in [0.15, 0.2) is 41.4 Å². The summed E-state index contributed by atoms with van der Waals surface area (Å²) in [6.07, 6.45) is 0. The molecule has 0 aliphatic rings. The fourth-order valence-electron chi connectivity index (χ4n) is 2.83. The molecule has 0 bridgehead atoms. The summed E-state index contributed by atoms with van der Waals surface area (Å²) in [6, 6.07) is 11.7. The lowest BCUT2D eigenvalue weighted by atomic mass is 10.1. The van der Waals surface area contributed by atoms with Crippen LogP contribution in [0.1, 0.15) is 27.8 Å². The average Bonchev–Trinajstić information content (AvgIpc) is 2.58. The van der Waals surface area contributed by atoms with Gasteiger partial charge in [-0.1, -0.05) is 29.8 Å². The van der Waals surface area contributed by atoms with E-state index in [9.17, 15) is 4.39 Å². The Bertz CT molecular complexity index is 775. The van der Waals surface area contributed by atoms with Crippen LogP contribution in [0.3, 0.4) is 0 Å². The molecule has 0 amide bonds. The predicted octanol–water partition coefficient (Wildman–Crippen LogP) is 3.99. The van der Waals surface area contributed by atoms with Crippen molar-refractivity contribution in [2.24, 2.45) is 4.99 Å². The first kappa shape index (κ1) is 23.4. The molecule has 0 aliphatic carbocycles. The summed E-state index contributed by atoms with van der Waals surface area (Å²) < 4.78 is 13.9. The van der Waals surface area contributed by atoms with Crippen LogP contribution < -0.4 is 10.6 Å². The summed E-state index contributed by atoms with van der Waals surface area (Å²) in [5.74, 6) is 0.559. The Kier molecular flexibility index (Phi) is 9.73. The maximum absolute atomic E-state index is 13.9. The number of aliphatic imine (C=N–C) groups is 1. The molecule has 2 aromatic carbocycles. The predicted molar refractivity (Wildman–Crippen MR) is 122 cm³/mol. The van der Waals surface area contributed by atoms with E-state index in [0.29, 0.717) is 25.2 Å². The molecule has 0 aromatic heterocycles. The maximum atomic E-state index is 13.9. The first-order valence-electron chi connectivity index (χ1n) is 8.81. The normalized spacial score (nSPS) is 11.3. The molecular weight excluding hydrogens is 454 g/mol. The fourth-order valence-corrected chi connectivity index (χ4v) is 2.83. The standard InChI is InChI=1S/C21H29FN4.HI/c1-15-6-8-18(16(2)10-15)13-25-21(23-3)24-12-17-7-9-20(22)19(11-17)14-26(4)5;/h6-11H,12-14H2,1-5H3,(H2,23,24,25);1H. The van der Waals surface area contributed by atoms with E-state index in [-0.39, 0.29) is 29.8 Å². The van der Waals surface area contributed by atoms with Gasteiger partial charge in [-0.25, -0.2) is 4.39 Å². The third-order valence-corrected chi connectivity index (χ3v) is 4.22. The van der Waals surface area contributed by atoms with E-state index >= 15 is 0 Å². The van der Waals surface area contributed by atoms with Crippen molar-refractivity contribution >= 4 is 29.9 Å². The van der Waals surface area contributed by atoms with Crippen LogP contribution in [0.2, 0.25) is 0 Å². The molecular formula is C21H30FIN4. The quantitative estimate of drug-likeness (QED) is 0.370. The minimum absolute atomic E-state index is 0. The second-order valence-corrected chi connectivity index (χ2v) is 6.87. The second-order valence-electron chi connectivity index (χ2n) is 6.87. The highest BCUT2D eigenvalue weighted by molar-refractivity contribution is 14.0. The molecule has 2 N–H and O–H groups in total. The SMILES string of the molecule is CN=C(NCc1ccc(F)c(CN(C)C)c1)NCc1ccc(C)cc1C.I. The summed E-state index contributed by atoms with van der Waals surface area (Å²) in [5.41, 5.74) is 5.50. The largest absolute Gasteiger partial charge is 0.352 e. The second kappa shape index (κ2) is 11.2. The molecule has 0 atom stereocenters. The maximum Gasteiger partial charge on any atom is 0.191 e. The van der Waals surface area contributed by atoms with Crippen molar-refractivity contribution in [1.29, 1.82) is 0 Å². The number of hydrogen-bond donors (Lipinski definition) is 2.